The average Bonchev–Trinajstić information content (AvgIpc) is 3.63. The van der Waals surface area contributed by atoms with Gasteiger partial charge in [0.15, 0.2) is 0 Å². The van der Waals surface area contributed by atoms with Crippen molar-refractivity contribution in [2.45, 2.75) is 19.3 Å². The third kappa shape index (κ3) is 3.73. The Morgan fingerprint density at radius 1 is 0.396 bits per heavy atom. The van der Waals surface area contributed by atoms with E-state index in [0.29, 0.717) is 0 Å². The monoisotopic (exact) mass is 612 g/mol. The van der Waals surface area contributed by atoms with Crippen molar-refractivity contribution < 1.29 is 4.42 Å². The second-order valence-electron chi connectivity index (χ2n) is 13.6. The topological polar surface area (TPSA) is 13.1 Å². The van der Waals surface area contributed by atoms with Crippen LogP contribution in [0.1, 0.15) is 25.0 Å². The molecule has 48 heavy (non-hydrogen) atoms. The molecule has 226 valence electrons. The summed E-state index contributed by atoms with van der Waals surface area (Å²) in [6.45, 7) is 4.73. The molecular formula is C47H32O. The first-order valence-corrected chi connectivity index (χ1v) is 16.8. The minimum atomic E-state index is -0.137. The molecule has 8 aromatic carbocycles. The molecule has 0 unspecified atom stereocenters. The van der Waals surface area contributed by atoms with Gasteiger partial charge in [0.1, 0.15) is 11.2 Å². The van der Waals surface area contributed by atoms with Gasteiger partial charge in [-0.05, 0) is 95.4 Å². The van der Waals surface area contributed by atoms with Gasteiger partial charge in [-0.15, -0.1) is 0 Å². The Balaban J connectivity index is 1.36. The zero-order chi connectivity index (χ0) is 32.0. The highest BCUT2D eigenvalue weighted by Gasteiger charge is 2.37. The highest BCUT2D eigenvalue weighted by atomic mass is 16.3. The molecule has 0 radical (unpaired) electrons. The molecule has 0 aliphatic heterocycles. The average molecular weight is 613 g/mol. The summed E-state index contributed by atoms with van der Waals surface area (Å²) >= 11 is 0. The maximum absolute atomic E-state index is 6.73. The predicted molar refractivity (Wildman–Crippen MR) is 203 cm³/mol. The summed E-state index contributed by atoms with van der Waals surface area (Å²) in [5.74, 6) is 0. The van der Waals surface area contributed by atoms with Crippen LogP contribution in [0.5, 0.6) is 0 Å². The maximum Gasteiger partial charge on any atom is 0.136 e. The molecule has 0 N–H and O–H groups in total. The smallest absolute Gasteiger partial charge is 0.136 e. The van der Waals surface area contributed by atoms with E-state index in [1.165, 1.54) is 77.2 Å². The molecule has 1 aliphatic carbocycles. The zero-order valence-corrected chi connectivity index (χ0v) is 26.9. The lowest BCUT2D eigenvalue weighted by Crippen LogP contribution is -2.16. The van der Waals surface area contributed by atoms with Crippen molar-refractivity contribution in [3.8, 4) is 44.5 Å². The number of fused-ring (bicyclic) bond motifs is 8. The van der Waals surface area contributed by atoms with Crippen LogP contribution < -0.4 is 0 Å². The Kier molecular flexibility index (Phi) is 5.69. The lowest BCUT2D eigenvalue weighted by atomic mass is 9.78. The summed E-state index contributed by atoms with van der Waals surface area (Å²) in [6, 6.07) is 57.5. The first kappa shape index (κ1) is 27.2. The van der Waals surface area contributed by atoms with Gasteiger partial charge in [-0.25, -0.2) is 0 Å². The van der Waals surface area contributed by atoms with Gasteiger partial charge in [-0.2, -0.15) is 0 Å². The molecule has 10 rings (SSSR count). The van der Waals surface area contributed by atoms with Crippen LogP contribution in [-0.4, -0.2) is 0 Å². The third-order valence-electron chi connectivity index (χ3n) is 10.6. The van der Waals surface area contributed by atoms with Gasteiger partial charge in [0.2, 0.25) is 0 Å². The molecule has 0 saturated carbocycles. The van der Waals surface area contributed by atoms with E-state index in [-0.39, 0.29) is 5.41 Å². The van der Waals surface area contributed by atoms with E-state index in [2.05, 4.69) is 172 Å². The van der Waals surface area contributed by atoms with Gasteiger partial charge in [0.05, 0.1) is 0 Å². The molecule has 1 heteroatoms. The number of para-hydroxylation sites is 1. The lowest BCUT2D eigenvalue weighted by Gasteiger charge is -2.25. The van der Waals surface area contributed by atoms with Crippen LogP contribution in [0.25, 0.3) is 88.0 Å². The van der Waals surface area contributed by atoms with Gasteiger partial charge in [0, 0.05) is 16.2 Å². The van der Waals surface area contributed by atoms with Crippen LogP contribution in [0.2, 0.25) is 0 Å². The quantitative estimate of drug-likeness (QED) is 0.181. The van der Waals surface area contributed by atoms with E-state index in [1.807, 2.05) is 0 Å². The summed E-state index contributed by atoms with van der Waals surface area (Å²) in [7, 11) is 0. The number of rotatable bonds is 3. The fourth-order valence-corrected chi connectivity index (χ4v) is 8.63. The second kappa shape index (κ2) is 10.0. The molecule has 1 nitrogen and oxygen atoms in total. The van der Waals surface area contributed by atoms with Crippen LogP contribution in [-0.2, 0) is 5.41 Å². The summed E-state index contributed by atoms with van der Waals surface area (Å²) < 4.78 is 6.73. The van der Waals surface area contributed by atoms with Gasteiger partial charge in [0.25, 0.3) is 0 Å². The number of benzene rings is 8. The summed E-state index contributed by atoms with van der Waals surface area (Å²) in [5, 5.41) is 7.28. The van der Waals surface area contributed by atoms with Crippen molar-refractivity contribution in [3.05, 3.63) is 169 Å². The van der Waals surface area contributed by atoms with Crippen LogP contribution in [0.3, 0.4) is 0 Å². The zero-order valence-electron chi connectivity index (χ0n) is 26.9. The first-order chi connectivity index (χ1) is 23.6. The maximum atomic E-state index is 6.73. The van der Waals surface area contributed by atoms with Crippen molar-refractivity contribution >= 4 is 43.5 Å². The van der Waals surface area contributed by atoms with E-state index < -0.39 is 0 Å². The summed E-state index contributed by atoms with van der Waals surface area (Å²) in [4.78, 5) is 0. The Hall–Kier alpha value is -5.92. The molecule has 9 aromatic rings. The van der Waals surface area contributed by atoms with Gasteiger partial charge in [-0.1, -0.05) is 153 Å². The van der Waals surface area contributed by atoms with Crippen molar-refractivity contribution in [3.63, 3.8) is 0 Å². The van der Waals surface area contributed by atoms with Gasteiger partial charge in [-0.3, -0.25) is 0 Å². The first-order valence-electron chi connectivity index (χ1n) is 16.8. The molecule has 0 saturated heterocycles. The lowest BCUT2D eigenvalue weighted by molar-refractivity contribution is 0.661. The normalized spacial score (nSPS) is 13.4. The summed E-state index contributed by atoms with van der Waals surface area (Å²) in [6.07, 6.45) is 0. The predicted octanol–water partition coefficient (Wildman–Crippen LogP) is 13.2. The largest absolute Gasteiger partial charge is 0.456 e. The van der Waals surface area contributed by atoms with Gasteiger partial charge >= 0.3 is 0 Å². The SMILES string of the molecule is CC1(C)c2ccccc2-c2cccc(-c3cc(-c4c5ccccc5c(-c5ccccc5)c5ccccc45)c4c(c3)oc3ccccc34)c21. The molecule has 0 amide bonds. The van der Waals surface area contributed by atoms with Crippen molar-refractivity contribution in [2.75, 3.05) is 0 Å². The highest BCUT2D eigenvalue weighted by molar-refractivity contribution is 6.26. The van der Waals surface area contributed by atoms with E-state index in [1.54, 1.807) is 0 Å². The number of furan rings is 1. The fourth-order valence-electron chi connectivity index (χ4n) is 8.63. The summed E-state index contributed by atoms with van der Waals surface area (Å²) in [5.41, 5.74) is 14.5. The molecule has 1 aliphatic rings. The fraction of sp³-hybridized carbons (Fsp3) is 0.0638. The van der Waals surface area contributed by atoms with Crippen LogP contribution in [0.15, 0.2) is 162 Å². The molecule has 0 spiro atoms. The molecule has 0 atom stereocenters. The van der Waals surface area contributed by atoms with Crippen molar-refractivity contribution in [1.29, 1.82) is 0 Å². The Labute approximate surface area is 279 Å². The number of hydrogen-bond donors (Lipinski definition) is 0. The number of hydrogen-bond acceptors (Lipinski definition) is 1. The molecule has 0 fully saturated rings. The van der Waals surface area contributed by atoms with E-state index >= 15 is 0 Å². The van der Waals surface area contributed by atoms with E-state index in [4.69, 9.17) is 4.42 Å². The Bertz CT molecular complexity index is 2690. The highest BCUT2D eigenvalue weighted by Crippen LogP contribution is 2.54. The molecule has 0 bridgehead atoms. The standard InChI is InChI=1S/C47H32O/c1-47(2)40-25-12-10-17-32(40)37-24-14-23-31(46(37)47)30-27-39(45-38-22-11-13-26-41(38)48-42(45)28-30)44-35-20-8-6-18-33(35)43(29-15-4-3-5-16-29)34-19-7-9-21-36(34)44/h3-28H,1-2H3. The van der Waals surface area contributed by atoms with E-state index in [0.717, 1.165) is 21.9 Å². The minimum Gasteiger partial charge on any atom is -0.456 e. The van der Waals surface area contributed by atoms with Crippen LogP contribution in [0, 0.1) is 0 Å². The molecule has 1 heterocycles. The molecule has 1 aromatic heterocycles. The Morgan fingerprint density at radius 3 is 1.69 bits per heavy atom. The van der Waals surface area contributed by atoms with Crippen molar-refractivity contribution in [1.82, 2.24) is 0 Å². The van der Waals surface area contributed by atoms with Gasteiger partial charge < -0.3 is 4.42 Å². The third-order valence-corrected chi connectivity index (χ3v) is 10.6. The minimum absolute atomic E-state index is 0.137. The van der Waals surface area contributed by atoms with E-state index in [9.17, 15) is 0 Å². The van der Waals surface area contributed by atoms with Crippen molar-refractivity contribution in [2.24, 2.45) is 0 Å². The van der Waals surface area contributed by atoms with Crippen LogP contribution in [0.4, 0.5) is 0 Å². The molecular weight excluding hydrogens is 581 g/mol. The van der Waals surface area contributed by atoms with Crippen LogP contribution >= 0.6 is 0 Å². The second-order valence-corrected chi connectivity index (χ2v) is 13.6. The Morgan fingerprint density at radius 2 is 0.958 bits per heavy atom.